The summed E-state index contributed by atoms with van der Waals surface area (Å²) in [6.45, 7) is 1.16. The van der Waals surface area contributed by atoms with E-state index in [0.717, 1.165) is 0 Å². The maximum absolute atomic E-state index is 13.6. The van der Waals surface area contributed by atoms with Gasteiger partial charge in [-0.1, -0.05) is 17.7 Å². The second-order valence-electron chi connectivity index (χ2n) is 3.98. The minimum absolute atomic E-state index is 0.00905. The first-order valence-corrected chi connectivity index (χ1v) is 5.89. The molecule has 0 atom stereocenters. The molecule has 0 bridgehead atoms. The Morgan fingerprint density at radius 2 is 2.12 bits per heavy atom. The van der Waals surface area contributed by atoms with Crippen LogP contribution in [0.3, 0.4) is 0 Å². The molecule has 0 aliphatic carbocycles. The topological polar surface area (TPSA) is 38.3 Å². The van der Waals surface area contributed by atoms with Gasteiger partial charge in [-0.3, -0.25) is 4.79 Å². The summed E-state index contributed by atoms with van der Waals surface area (Å²) < 4.78 is 18.7. The number of hydrogen-bond donors (Lipinski definition) is 1. The lowest BCUT2D eigenvalue weighted by molar-refractivity contribution is -0.122. The molecule has 1 aromatic rings. The van der Waals surface area contributed by atoms with Crippen LogP contribution in [0, 0.1) is 11.7 Å². The molecule has 1 aliphatic rings. The fourth-order valence-corrected chi connectivity index (χ4v) is 1.97. The molecule has 1 amide bonds. The summed E-state index contributed by atoms with van der Waals surface area (Å²) in [5.74, 6) is -0.869. The highest BCUT2D eigenvalue weighted by atomic mass is 35.5. The molecule has 3 nitrogen and oxygen atoms in total. The average molecular weight is 258 g/mol. The van der Waals surface area contributed by atoms with Crippen LogP contribution >= 0.6 is 11.6 Å². The number of carbonyl (C=O) groups excluding carboxylic acids is 1. The number of ether oxygens (including phenoxy) is 1. The van der Waals surface area contributed by atoms with Crippen LogP contribution in [0.2, 0.25) is 5.02 Å². The summed E-state index contributed by atoms with van der Waals surface area (Å²) in [5, 5.41) is 2.58. The standard InChI is InChI=1S/C12H13ClFNO2/c13-9-2-1-3-10(11(9)14)15-12(16)8-4-6-17-7-5-8/h1-3,8H,4-7H2,(H,15,16). The van der Waals surface area contributed by atoms with Crippen molar-refractivity contribution in [2.75, 3.05) is 18.5 Å². The smallest absolute Gasteiger partial charge is 0.227 e. The Morgan fingerprint density at radius 1 is 1.41 bits per heavy atom. The maximum atomic E-state index is 13.6. The van der Waals surface area contributed by atoms with Gasteiger partial charge in [0.1, 0.15) is 0 Å². The number of amides is 1. The molecule has 17 heavy (non-hydrogen) atoms. The summed E-state index contributed by atoms with van der Waals surface area (Å²) in [6, 6.07) is 4.55. The summed E-state index contributed by atoms with van der Waals surface area (Å²) in [6.07, 6.45) is 1.35. The Kier molecular flexibility index (Phi) is 3.97. The average Bonchev–Trinajstić information content (AvgIpc) is 2.36. The molecule has 0 spiro atoms. The van der Waals surface area contributed by atoms with E-state index in [4.69, 9.17) is 16.3 Å². The minimum Gasteiger partial charge on any atom is -0.381 e. The zero-order chi connectivity index (χ0) is 12.3. The first-order chi connectivity index (χ1) is 8.18. The van der Waals surface area contributed by atoms with Crippen molar-refractivity contribution < 1.29 is 13.9 Å². The van der Waals surface area contributed by atoms with Crippen molar-refractivity contribution >= 4 is 23.2 Å². The molecule has 1 aromatic carbocycles. The number of nitrogens with one attached hydrogen (secondary N) is 1. The molecule has 0 aromatic heterocycles. The van der Waals surface area contributed by atoms with E-state index in [1.807, 2.05) is 0 Å². The summed E-state index contributed by atoms with van der Waals surface area (Å²) >= 11 is 5.64. The predicted octanol–water partition coefficient (Wildman–Crippen LogP) is 2.84. The first-order valence-electron chi connectivity index (χ1n) is 5.51. The Hall–Kier alpha value is -1.13. The summed E-state index contributed by atoms with van der Waals surface area (Å²) in [4.78, 5) is 11.9. The highest BCUT2D eigenvalue weighted by Gasteiger charge is 2.22. The molecule has 5 heteroatoms. The monoisotopic (exact) mass is 257 g/mol. The number of rotatable bonds is 2. The highest BCUT2D eigenvalue weighted by Crippen LogP contribution is 2.24. The van der Waals surface area contributed by atoms with Crippen molar-refractivity contribution in [3.8, 4) is 0 Å². The van der Waals surface area contributed by atoms with Crippen LogP contribution in [0.5, 0.6) is 0 Å². The first kappa shape index (κ1) is 12.3. The van der Waals surface area contributed by atoms with Crippen molar-refractivity contribution in [3.05, 3.63) is 29.0 Å². The van der Waals surface area contributed by atoms with Crippen LogP contribution in [0.25, 0.3) is 0 Å². The van der Waals surface area contributed by atoms with E-state index in [9.17, 15) is 9.18 Å². The van der Waals surface area contributed by atoms with Crippen LogP contribution in [0.15, 0.2) is 18.2 Å². The Morgan fingerprint density at radius 3 is 2.82 bits per heavy atom. The Balaban J connectivity index is 2.04. The van der Waals surface area contributed by atoms with Gasteiger partial charge in [-0.15, -0.1) is 0 Å². The van der Waals surface area contributed by atoms with Crippen molar-refractivity contribution in [2.24, 2.45) is 5.92 Å². The number of carbonyl (C=O) groups is 1. The normalized spacial score (nSPS) is 16.8. The van der Waals surface area contributed by atoms with Crippen molar-refractivity contribution in [1.29, 1.82) is 0 Å². The number of benzene rings is 1. The van der Waals surface area contributed by atoms with Gasteiger partial charge >= 0.3 is 0 Å². The highest BCUT2D eigenvalue weighted by molar-refractivity contribution is 6.31. The van der Waals surface area contributed by atoms with Crippen molar-refractivity contribution in [1.82, 2.24) is 0 Å². The summed E-state index contributed by atoms with van der Waals surface area (Å²) in [7, 11) is 0. The Bertz CT molecular complexity index is 419. The summed E-state index contributed by atoms with van der Waals surface area (Å²) in [5.41, 5.74) is 0.133. The van der Waals surface area contributed by atoms with E-state index in [1.54, 1.807) is 6.07 Å². The molecule has 0 radical (unpaired) electrons. The zero-order valence-corrected chi connectivity index (χ0v) is 9.97. The number of halogens is 2. The molecule has 1 N–H and O–H groups in total. The largest absolute Gasteiger partial charge is 0.381 e. The SMILES string of the molecule is O=C(Nc1cccc(Cl)c1F)C1CCOCC1. The van der Waals surface area contributed by atoms with Gasteiger partial charge in [0, 0.05) is 19.1 Å². The lowest BCUT2D eigenvalue weighted by Gasteiger charge is -2.21. The second kappa shape index (κ2) is 5.47. The number of hydrogen-bond acceptors (Lipinski definition) is 2. The molecule has 0 unspecified atom stereocenters. The van der Waals surface area contributed by atoms with Gasteiger partial charge in [-0.05, 0) is 25.0 Å². The second-order valence-corrected chi connectivity index (χ2v) is 4.38. The van der Waals surface area contributed by atoms with Gasteiger partial charge in [-0.2, -0.15) is 0 Å². The quantitative estimate of drug-likeness (QED) is 0.885. The Labute approximate surface area is 104 Å². The van der Waals surface area contributed by atoms with Crippen molar-refractivity contribution in [2.45, 2.75) is 12.8 Å². The molecule has 0 saturated carbocycles. The third kappa shape index (κ3) is 2.96. The minimum atomic E-state index is -0.588. The molecule has 1 saturated heterocycles. The zero-order valence-electron chi connectivity index (χ0n) is 9.21. The molecule has 1 heterocycles. The van der Waals surface area contributed by atoms with Gasteiger partial charge in [0.25, 0.3) is 0 Å². The van der Waals surface area contributed by atoms with Gasteiger partial charge in [0.15, 0.2) is 5.82 Å². The maximum Gasteiger partial charge on any atom is 0.227 e. The van der Waals surface area contributed by atoms with Crippen LogP contribution in [-0.4, -0.2) is 19.1 Å². The lowest BCUT2D eigenvalue weighted by Crippen LogP contribution is -2.28. The number of anilines is 1. The molecule has 1 fully saturated rings. The van der Waals surface area contributed by atoms with E-state index in [2.05, 4.69) is 5.32 Å². The molecule has 92 valence electrons. The predicted molar refractivity (Wildman–Crippen MR) is 63.6 cm³/mol. The van der Waals surface area contributed by atoms with E-state index in [0.29, 0.717) is 26.1 Å². The third-order valence-electron chi connectivity index (χ3n) is 2.80. The molecule has 2 rings (SSSR count). The molecule has 1 aliphatic heterocycles. The van der Waals surface area contributed by atoms with Crippen LogP contribution < -0.4 is 5.32 Å². The van der Waals surface area contributed by atoms with Gasteiger partial charge in [-0.25, -0.2) is 4.39 Å². The fourth-order valence-electron chi connectivity index (χ4n) is 1.79. The van der Waals surface area contributed by atoms with E-state index in [-0.39, 0.29) is 22.5 Å². The van der Waals surface area contributed by atoms with Crippen LogP contribution in [0.4, 0.5) is 10.1 Å². The van der Waals surface area contributed by atoms with E-state index in [1.165, 1.54) is 12.1 Å². The van der Waals surface area contributed by atoms with Crippen molar-refractivity contribution in [3.63, 3.8) is 0 Å². The fraction of sp³-hybridized carbons (Fsp3) is 0.417. The van der Waals surface area contributed by atoms with E-state index < -0.39 is 5.82 Å². The lowest BCUT2D eigenvalue weighted by atomic mass is 9.99. The molecular formula is C12H13ClFNO2. The third-order valence-corrected chi connectivity index (χ3v) is 3.09. The van der Waals surface area contributed by atoms with Crippen LogP contribution in [-0.2, 0) is 9.53 Å². The van der Waals surface area contributed by atoms with Crippen LogP contribution in [0.1, 0.15) is 12.8 Å². The van der Waals surface area contributed by atoms with Gasteiger partial charge in [0.05, 0.1) is 10.7 Å². The van der Waals surface area contributed by atoms with Gasteiger partial charge in [0.2, 0.25) is 5.91 Å². The van der Waals surface area contributed by atoms with E-state index >= 15 is 0 Å². The molecular weight excluding hydrogens is 245 g/mol. The van der Waals surface area contributed by atoms with Gasteiger partial charge < -0.3 is 10.1 Å².